The van der Waals surface area contributed by atoms with E-state index in [4.69, 9.17) is 24.1 Å². The summed E-state index contributed by atoms with van der Waals surface area (Å²) in [6.07, 6.45) is -18.7. The first-order valence-electron chi connectivity index (χ1n) is 12.5. The van der Waals surface area contributed by atoms with E-state index >= 15 is 0 Å². The highest BCUT2D eigenvalue weighted by molar-refractivity contribution is 5.20. The van der Waals surface area contributed by atoms with Crippen LogP contribution in [0.25, 0.3) is 0 Å². The molecule has 1 aromatic rings. The number of benzene rings is 1. The van der Waals surface area contributed by atoms with E-state index in [0.717, 1.165) is 0 Å². The van der Waals surface area contributed by atoms with E-state index in [1.54, 1.807) is 30.3 Å². The maximum absolute atomic E-state index is 13.7. The zero-order chi connectivity index (χ0) is 31.5. The summed E-state index contributed by atoms with van der Waals surface area (Å²) in [7, 11) is 0. The Morgan fingerprint density at radius 1 is 0.571 bits per heavy atom. The summed E-state index contributed by atoms with van der Waals surface area (Å²) in [5, 5.41) is 37.4. The van der Waals surface area contributed by atoms with Gasteiger partial charge in [-0.05, 0) is 12.1 Å². The van der Waals surface area contributed by atoms with Crippen LogP contribution in [0.15, 0.2) is 30.3 Å². The van der Waals surface area contributed by atoms with Crippen molar-refractivity contribution in [2.75, 3.05) is 79.3 Å². The summed E-state index contributed by atoms with van der Waals surface area (Å²) in [6.45, 7) is -6.96. The first-order valence-corrected chi connectivity index (χ1v) is 12.5. The molecule has 12 nitrogen and oxygen atoms in total. The molecule has 3 unspecified atom stereocenters. The highest BCUT2D eigenvalue weighted by Gasteiger charge is 2.52. The van der Waals surface area contributed by atoms with E-state index in [9.17, 15) is 41.7 Å². The molecule has 0 heterocycles. The fourth-order valence-electron chi connectivity index (χ4n) is 2.75. The number of rotatable bonds is 26. The number of ether oxygens (including phenoxy) is 8. The molecular weight excluding hydrogens is 594 g/mol. The molecule has 0 saturated carbocycles. The second-order valence-corrected chi connectivity index (χ2v) is 8.51. The van der Waals surface area contributed by atoms with Crippen LogP contribution in [-0.4, -0.2) is 137 Å². The molecule has 0 radical (unpaired) electrons. The van der Waals surface area contributed by atoms with E-state index in [-0.39, 0.29) is 46.2 Å². The molecule has 4 N–H and O–H groups in total. The molecule has 0 amide bonds. The molecule has 1 rings (SSSR count). The lowest BCUT2D eigenvalue weighted by Crippen LogP contribution is -2.44. The molecule has 3 atom stereocenters. The van der Waals surface area contributed by atoms with Crippen molar-refractivity contribution in [3.05, 3.63) is 30.3 Å². The lowest BCUT2D eigenvalue weighted by atomic mass is 10.3. The van der Waals surface area contributed by atoms with Gasteiger partial charge in [0.05, 0.1) is 59.5 Å². The fourth-order valence-corrected chi connectivity index (χ4v) is 2.75. The van der Waals surface area contributed by atoms with Crippen LogP contribution in [0.1, 0.15) is 0 Å². The summed E-state index contributed by atoms with van der Waals surface area (Å²) >= 11 is 0. The fraction of sp³-hybridized carbons (Fsp3) is 0.750. The minimum atomic E-state index is -5.46. The average molecular weight is 631 g/mol. The summed E-state index contributed by atoms with van der Waals surface area (Å²) in [6, 6.07) is 8.53. The molecule has 18 heteroatoms. The summed E-state index contributed by atoms with van der Waals surface area (Å²) in [4.78, 5) is 0. The molecule has 0 saturated heterocycles. The summed E-state index contributed by atoms with van der Waals surface area (Å²) in [5.74, 6) is 0.504. The number of hydrogen-bond acceptors (Lipinski definition) is 12. The number of aliphatic hydroxyl groups is 4. The van der Waals surface area contributed by atoms with Crippen LogP contribution in [0.5, 0.6) is 5.75 Å². The van der Waals surface area contributed by atoms with Crippen molar-refractivity contribution < 1.29 is 84.7 Å². The second kappa shape index (κ2) is 20.2. The number of para-hydroxylation sites is 1. The molecule has 0 fully saturated rings. The number of hydrogen-bond donors (Lipinski definition) is 4. The Morgan fingerprint density at radius 3 is 1.60 bits per heavy atom. The van der Waals surface area contributed by atoms with Crippen molar-refractivity contribution in [2.45, 2.75) is 36.8 Å². The van der Waals surface area contributed by atoms with Gasteiger partial charge < -0.3 is 48.8 Å². The quantitative estimate of drug-likeness (QED) is 0.0656. The maximum Gasteiger partial charge on any atom is 0.495 e. The molecule has 0 aliphatic carbocycles. The van der Waals surface area contributed by atoms with Gasteiger partial charge in [0.2, 0.25) is 0 Å². The Bertz CT molecular complexity index is 811. The van der Waals surface area contributed by atoms with E-state index in [1.807, 2.05) is 0 Å². The van der Waals surface area contributed by atoms with E-state index in [2.05, 4.69) is 18.9 Å². The van der Waals surface area contributed by atoms with E-state index in [0.29, 0.717) is 5.75 Å². The predicted octanol–water partition coefficient (Wildman–Crippen LogP) is 0.993. The molecule has 0 bridgehead atoms. The van der Waals surface area contributed by atoms with Crippen LogP contribution >= 0.6 is 0 Å². The maximum atomic E-state index is 13.7. The van der Waals surface area contributed by atoms with Gasteiger partial charge in [-0.3, -0.25) is 0 Å². The molecule has 1 aromatic carbocycles. The third-order valence-corrected chi connectivity index (χ3v) is 4.42. The number of halogens is 6. The van der Waals surface area contributed by atoms with Crippen molar-refractivity contribution in [3.63, 3.8) is 0 Å². The van der Waals surface area contributed by atoms with Crippen molar-refractivity contribution in [1.82, 2.24) is 0 Å². The van der Waals surface area contributed by atoms with Gasteiger partial charge in [-0.2, -0.15) is 17.6 Å². The molecule has 42 heavy (non-hydrogen) atoms. The molecular formula is C24H36F6O12. The zero-order valence-electron chi connectivity index (χ0n) is 22.4. The first-order chi connectivity index (χ1) is 19.7. The average Bonchev–Trinajstić information content (AvgIpc) is 2.88. The molecule has 0 spiro atoms. The number of alkyl halides is 6. The van der Waals surface area contributed by atoms with Gasteiger partial charge in [0.1, 0.15) is 43.9 Å². The standard InChI is InChI=1S/C24H36F6O12/c25-22(26,16-37-9-8-36-11-20(34)15-40-21-4-2-1-3-5-21)41-24(29,30)42-23(27,28)17-39-14-19(33)13-38-12-18(32)10-35-7-6-31/h1-5,18-20,31-34H,6-17H2. The number of aliphatic hydroxyl groups excluding tert-OH is 4. The summed E-state index contributed by atoms with van der Waals surface area (Å²) in [5.41, 5.74) is 0. The zero-order valence-corrected chi connectivity index (χ0v) is 22.4. The Hall–Kier alpha value is -1.84. The van der Waals surface area contributed by atoms with Crippen LogP contribution in [-0.2, 0) is 33.2 Å². The third kappa shape index (κ3) is 20.1. The highest BCUT2D eigenvalue weighted by atomic mass is 19.3. The van der Waals surface area contributed by atoms with Gasteiger partial charge in [0.25, 0.3) is 0 Å². The highest BCUT2D eigenvalue weighted by Crippen LogP contribution is 2.33. The SMILES string of the molecule is OCCOCC(O)COCC(O)COCC(F)(F)OC(F)(F)OC(F)(F)COCCOCC(O)COc1ccccc1. The smallest absolute Gasteiger partial charge is 0.491 e. The Morgan fingerprint density at radius 2 is 1.02 bits per heavy atom. The Balaban J connectivity index is 2.21. The van der Waals surface area contributed by atoms with Crippen molar-refractivity contribution in [2.24, 2.45) is 0 Å². The Kier molecular flexibility index (Phi) is 18.3. The topological polar surface area (TPSA) is 155 Å². The van der Waals surface area contributed by atoms with Crippen molar-refractivity contribution in [3.8, 4) is 5.75 Å². The third-order valence-electron chi connectivity index (χ3n) is 4.42. The van der Waals surface area contributed by atoms with Crippen LogP contribution in [0.2, 0.25) is 0 Å². The van der Waals surface area contributed by atoms with Gasteiger partial charge in [0, 0.05) is 0 Å². The monoisotopic (exact) mass is 630 g/mol. The van der Waals surface area contributed by atoms with Crippen LogP contribution in [0.3, 0.4) is 0 Å². The van der Waals surface area contributed by atoms with Gasteiger partial charge in [0.15, 0.2) is 0 Å². The van der Waals surface area contributed by atoms with Crippen molar-refractivity contribution >= 4 is 0 Å². The Labute approximate surface area is 237 Å². The van der Waals surface area contributed by atoms with E-state index in [1.165, 1.54) is 0 Å². The predicted molar refractivity (Wildman–Crippen MR) is 128 cm³/mol. The van der Waals surface area contributed by atoms with Crippen LogP contribution in [0, 0.1) is 0 Å². The van der Waals surface area contributed by atoms with Crippen LogP contribution in [0.4, 0.5) is 26.3 Å². The molecule has 246 valence electrons. The van der Waals surface area contributed by atoms with Gasteiger partial charge in [-0.1, -0.05) is 18.2 Å². The van der Waals surface area contributed by atoms with Gasteiger partial charge in [-0.15, -0.1) is 8.78 Å². The van der Waals surface area contributed by atoms with Gasteiger partial charge >= 0.3 is 18.5 Å². The lowest BCUT2D eigenvalue weighted by Gasteiger charge is -2.26. The van der Waals surface area contributed by atoms with Gasteiger partial charge in [-0.25, -0.2) is 9.47 Å². The first kappa shape index (κ1) is 38.2. The van der Waals surface area contributed by atoms with Crippen molar-refractivity contribution in [1.29, 1.82) is 0 Å². The second-order valence-electron chi connectivity index (χ2n) is 8.51. The largest absolute Gasteiger partial charge is 0.495 e. The molecule has 0 aliphatic heterocycles. The van der Waals surface area contributed by atoms with Crippen LogP contribution < -0.4 is 4.74 Å². The van der Waals surface area contributed by atoms with E-state index < -0.39 is 69.9 Å². The minimum Gasteiger partial charge on any atom is -0.491 e. The minimum absolute atomic E-state index is 0.0194. The lowest BCUT2D eigenvalue weighted by molar-refractivity contribution is -0.518. The normalized spacial score (nSPS) is 15.0. The molecule has 0 aromatic heterocycles. The summed E-state index contributed by atoms with van der Waals surface area (Å²) < 4.78 is 117. The molecule has 0 aliphatic rings.